The molecule has 1 saturated heterocycles. The van der Waals surface area contributed by atoms with E-state index in [1.54, 1.807) is 19.1 Å². The van der Waals surface area contributed by atoms with Crippen molar-refractivity contribution in [3.8, 4) is 0 Å². The van der Waals surface area contributed by atoms with E-state index in [2.05, 4.69) is 0 Å². The van der Waals surface area contributed by atoms with E-state index in [1.165, 1.54) is 17.0 Å². The van der Waals surface area contributed by atoms with Crippen LogP contribution in [0.15, 0.2) is 29.2 Å². The summed E-state index contributed by atoms with van der Waals surface area (Å²) in [6, 6.07) is 5.89. The van der Waals surface area contributed by atoms with Crippen LogP contribution in [0.4, 0.5) is 0 Å². The van der Waals surface area contributed by atoms with E-state index in [0.29, 0.717) is 13.0 Å². The molecular formula is C18H25NO7S2. The van der Waals surface area contributed by atoms with Crippen LogP contribution in [0.1, 0.15) is 25.3 Å². The lowest BCUT2D eigenvalue weighted by Crippen LogP contribution is -2.43. The lowest BCUT2D eigenvalue weighted by atomic mass is 10.2. The van der Waals surface area contributed by atoms with Crippen molar-refractivity contribution < 1.29 is 31.2 Å². The molecule has 1 aliphatic rings. The van der Waals surface area contributed by atoms with Gasteiger partial charge in [0.25, 0.3) is 5.91 Å². The van der Waals surface area contributed by atoms with E-state index in [-0.39, 0.29) is 22.8 Å². The topological polar surface area (TPSA) is 115 Å². The Morgan fingerprint density at radius 3 is 2.39 bits per heavy atom. The minimum Gasteiger partial charge on any atom is -0.456 e. The standard InChI is InChI=1S/C18H25NO7S2/c1-3-19(15-8-10-27(22,23)13-15)17(20)12-26-18(21)9-11-28(24,25)16-6-4-14(2)5-7-16/h4-7,15H,3,8-13H2,1-2H3/t15-/m0/s1. The molecule has 0 aromatic heterocycles. The molecule has 0 unspecified atom stereocenters. The summed E-state index contributed by atoms with van der Waals surface area (Å²) in [5.41, 5.74) is 0.924. The molecule has 1 amide bonds. The Bertz CT molecular complexity index is 921. The van der Waals surface area contributed by atoms with Crippen molar-refractivity contribution in [2.24, 2.45) is 0 Å². The van der Waals surface area contributed by atoms with Gasteiger partial charge in [-0.1, -0.05) is 17.7 Å². The summed E-state index contributed by atoms with van der Waals surface area (Å²) in [5.74, 6) is -1.74. The Labute approximate surface area is 165 Å². The molecule has 28 heavy (non-hydrogen) atoms. The van der Waals surface area contributed by atoms with Crippen LogP contribution in [0, 0.1) is 6.92 Å². The van der Waals surface area contributed by atoms with Crippen molar-refractivity contribution >= 4 is 31.6 Å². The number of hydrogen-bond acceptors (Lipinski definition) is 7. The second kappa shape index (κ2) is 9.04. The van der Waals surface area contributed by atoms with E-state index in [9.17, 15) is 26.4 Å². The summed E-state index contributed by atoms with van der Waals surface area (Å²) in [7, 11) is -6.76. The van der Waals surface area contributed by atoms with Crippen LogP contribution in [-0.2, 0) is 34.0 Å². The Morgan fingerprint density at radius 2 is 1.86 bits per heavy atom. The van der Waals surface area contributed by atoms with Gasteiger partial charge in [-0.15, -0.1) is 0 Å². The quantitative estimate of drug-likeness (QED) is 0.558. The molecule has 10 heteroatoms. The first-order valence-electron chi connectivity index (χ1n) is 8.99. The third-order valence-corrected chi connectivity index (χ3v) is 8.10. The molecule has 1 aromatic rings. The highest BCUT2D eigenvalue weighted by Gasteiger charge is 2.34. The maximum absolute atomic E-state index is 12.3. The summed E-state index contributed by atoms with van der Waals surface area (Å²) in [5, 5.41) is 0. The molecule has 1 aromatic carbocycles. The summed E-state index contributed by atoms with van der Waals surface area (Å²) in [4.78, 5) is 25.6. The van der Waals surface area contributed by atoms with E-state index < -0.39 is 50.0 Å². The fourth-order valence-electron chi connectivity index (χ4n) is 3.04. The van der Waals surface area contributed by atoms with Crippen molar-refractivity contribution in [1.82, 2.24) is 4.90 Å². The molecule has 1 fully saturated rings. The first-order valence-corrected chi connectivity index (χ1v) is 12.5. The third-order valence-electron chi connectivity index (χ3n) is 4.62. The van der Waals surface area contributed by atoms with Crippen molar-refractivity contribution in [1.29, 1.82) is 0 Å². The zero-order chi connectivity index (χ0) is 20.9. The number of nitrogens with zero attached hydrogens (tertiary/aromatic N) is 1. The van der Waals surface area contributed by atoms with Crippen molar-refractivity contribution in [2.75, 3.05) is 30.4 Å². The number of ether oxygens (including phenoxy) is 1. The zero-order valence-corrected chi connectivity index (χ0v) is 17.6. The average Bonchev–Trinajstić information content (AvgIpc) is 2.99. The molecule has 0 radical (unpaired) electrons. The van der Waals surface area contributed by atoms with E-state index in [4.69, 9.17) is 4.74 Å². The predicted octanol–water partition coefficient (Wildman–Crippen LogP) is 0.738. The van der Waals surface area contributed by atoms with Crippen LogP contribution in [0.5, 0.6) is 0 Å². The van der Waals surface area contributed by atoms with Gasteiger partial charge in [0.15, 0.2) is 26.3 Å². The molecule has 0 N–H and O–H groups in total. The monoisotopic (exact) mass is 431 g/mol. The molecular weight excluding hydrogens is 406 g/mol. The Kier molecular flexibility index (Phi) is 7.22. The Morgan fingerprint density at radius 1 is 1.21 bits per heavy atom. The molecule has 2 rings (SSSR count). The van der Waals surface area contributed by atoms with Crippen LogP contribution < -0.4 is 0 Å². The second-order valence-corrected chi connectivity index (χ2v) is 11.1. The summed E-state index contributed by atoms with van der Waals surface area (Å²) < 4.78 is 52.5. The first-order chi connectivity index (χ1) is 13.0. The molecule has 0 spiro atoms. The van der Waals surface area contributed by atoms with Crippen molar-refractivity contribution in [2.45, 2.75) is 37.6 Å². The van der Waals surface area contributed by atoms with Gasteiger partial charge in [-0.2, -0.15) is 0 Å². The largest absolute Gasteiger partial charge is 0.456 e. The lowest BCUT2D eigenvalue weighted by molar-refractivity contribution is -0.152. The van der Waals surface area contributed by atoms with Crippen molar-refractivity contribution in [3.05, 3.63) is 29.8 Å². The van der Waals surface area contributed by atoms with Gasteiger partial charge in [0, 0.05) is 12.6 Å². The number of esters is 1. The van der Waals surface area contributed by atoms with Gasteiger partial charge in [-0.25, -0.2) is 16.8 Å². The molecule has 1 aliphatic heterocycles. The highest BCUT2D eigenvalue weighted by molar-refractivity contribution is 7.91. The maximum Gasteiger partial charge on any atom is 0.307 e. The van der Waals surface area contributed by atoms with Crippen LogP contribution >= 0.6 is 0 Å². The van der Waals surface area contributed by atoms with Gasteiger partial charge in [-0.3, -0.25) is 9.59 Å². The van der Waals surface area contributed by atoms with E-state index in [0.717, 1.165) is 5.56 Å². The highest BCUT2D eigenvalue weighted by atomic mass is 32.2. The number of aryl methyl sites for hydroxylation is 1. The lowest BCUT2D eigenvalue weighted by Gasteiger charge is -2.26. The summed E-state index contributed by atoms with van der Waals surface area (Å²) in [6.45, 7) is 3.33. The number of likely N-dealkylation sites (N-methyl/N-ethyl adjacent to an activating group) is 1. The predicted molar refractivity (Wildman–Crippen MR) is 103 cm³/mol. The fraction of sp³-hybridized carbons (Fsp3) is 0.556. The molecule has 1 atom stereocenters. The minimum absolute atomic E-state index is 0.0398. The van der Waals surface area contributed by atoms with Crippen LogP contribution in [0.25, 0.3) is 0 Å². The smallest absolute Gasteiger partial charge is 0.307 e. The fourth-order valence-corrected chi connectivity index (χ4v) is 5.99. The number of rotatable bonds is 8. The third kappa shape index (κ3) is 6.03. The van der Waals surface area contributed by atoms with Gasteiger partial charge in [0.1, 0.15) is 0 Å². The number of hydrogen-bond donors (Lipinski definition) is 0. The molecule has 0 saturated carbocycles. The SMILES string of the molecule is CCN(C(=O)COC(=O)CCS(=O)(=O)c1ccc(C)cc1)[C@H]1CCS(=O)(=O)C1. The van der Waals surface area contributed by atoms with Gasteiger partial charge < -0.3 is 9.64 Å². The number of carbonyl (C=O) groups excluding carboxylic acids is 2. The van der Waals surface area contributed by atoms with E-state index >= 15 is 0 Å². The summed E-state index contributed by atoms with van der Waals surface area (Å²) >= 11 is 0. The van der Waals surface area contributed by atoms with Gasteiger partial charge in [-0.05, 0) is 32.4 Å². The molecule has 1 heterocycles. The van der Waals surface area contributed by atoms with Crippen LogP contribution in [0.2, 0.25) is 0 Å². The highest BCUT2D eigenvalue weighted by Crippen LogP contribution is 2.18. The Hall–Kier alpha value is -1.94. The number of amides is 1. The minimum atomic E-state index is -3.62. The van der Waals surface area contributed by atoms with E-state index in [1.807, 2.05) is 6.92 Å². The molecule has 0 bridgehead atoms. The van der Waals surface area contributed by atoms with Crippen LogP contribution in [-0.4, -0.2) is 70.1 Å². The zero-order valence-electron chi connectivity index (χ0n) is 16.0. The maximum atomic E-state index is 12.3. The normalized spacial score (nSPS) is 18.6. The van der Waals surface area contributed by atoms with Gasteiger partial charge in [0.2, 0.25) is 0 Å². The number of carbonyl (C=O) groups is 2. The van der Waals surface area contributed by atoms with Gasteiger partial charge in [0.05, 0.1) is 28.6 Å². The molecule has 156 valence electrons. The molecule has 8 nitrogen and oxygen atoms in total. The number of benzene rings is 1. The van der Waals surface area contributed by atoms with Gasteiger partial charge >= 0.3 is 5.97 Å². The van der Waals surface area contributed by atoms with Crippen LogP contribution in [0.3, 0.4) is 0 Å². The Balaban J connectivity index is 1.84. The number of sulfone groups is 2. The molecule has 0 aliphatic carbocycles. The first kappa shape index (κ1) is 22.4. The second-order valence-electron chi connectivity index (χ2n) is 6.78. The van der Waals surface area contributed by atoms with Crippen molar-refractivity contribution in [3.63, 3.8) is 0 Å². The average molecular weight is 432 g/mol. The summed E-state index contributed by atoms with van der Waals surface area (Å²) in [6.07, 6.45) is -0.00191.